The highest BCUT2D eigenvalue weighted by Gasteiger charge is 2.15. The van der Waals surface area contributed by atoms with E-state index in [0.717, 1.165) is 5.56 Å². The number of carbonyl (C=O) groups is 1. The Morgan fingerprint density at radius 1 is 1.40 bits per heavy atom. The SMILES string of the molecule is CN(Cc1cccc(C#N)c1)C(=O)c1c[nH]ccc1=O. The van der Waals surface area contributed by atoms with Gasteiger partial charge in [-0.05, 0) is 17.7 Å². The summed E-state index contributed by atoms with van der Waals surface area (Å²) in [6.07, 6.45) is 2.88. The van der Waals surface area contributed by atoms with Crippen molar-refractivity contribution in [3.63, 3.8) is 0 Å². The lowest BCUT2D eigenvalue weighted by Crippen LogP contribution is -2.30. The van der Waals surface area contributed by atoms with Crippen molar-refractivity contribution >= 4 is 5.91 Å². The second-order valence-electron chi connectivity index (χ2n) is 4.40. The van der Waals surface area contributed by atoms with E-state index in [-0.39, 0.29) is 16.9 Å². The Bertz CT molecular complexity index is 728. The third kappa shape index (κ3) is 2.93. The summed E-state index contributed by atoms with van der Waals surface area (Å²) in [4.78, 5) is 27.9. The molecule has 1 aromatic carbocycles. The van der Waals surface area contributed by atoms with Crippen molar-refractivity contribution in [2.75, 3.05) is 7.05 Å². The first-order valence-corrected chi connectivity index (χ1v) is 6.03. The summed E-state index contributed by atoms with van der Waals surface area (Å²) in [5, 5.41) is 8.84. The van der Waals surface area contributed by atoms with Gasteiger partial charge in [0, 0.05) is 32.1 Å². The van der Waals surface area contributed by atoms with Gasteiger partial charge in [-0.2, -0.15) is 5.26 Å². The monoisotopic (exact) mass is 267 g/mol. The van der Waals surface area contributed by atoms with Gasteiger partial charge in [0.1, 0.15) is 5.56 Å². The number of aromatic nitrogens is 1. The van der Waals surface area contributed by atoms with Crippen LogP contribution in [0.4, 0.5) is 0 Å². The molecule has 2 rings (SSSR count). The van der Waals surface area contributed by atoms with E-state index in [1.165, 1.54) is 23.4 Å². The van der Waals surface area contributed by atoms with Crippen LogP contribution >= 0.6 is 0 Å². The van der Waals surface area contributed by atoms with E-state index in [2.05, 4.69) is 11.1 Å². The van der Waals surface area contributed by atoms with Gasteiger partial charge in [-0.15, -0.1) is 0 Å². The lowest BCUT2D eigenvalue weighted by molar-refractivity contribution is 0.0783. The number of nitrogens with one attached hydrogen (secondary N) is 1. The summed E-state index contributed by atoms with van der Waals surface area (Å²) >= 11 is 0. The van der Waals surface area contributed by atoms with Crippen LogP contribution < -0.4 is 5.43 Å². The molecule has 1 aromatic heterocycles. The zero-order valence-electron chi connectivity index (χ0n) is 11.0. The van der Waals surface area contributed by atoms with Gasteiger partial charge in [-0.3, -0.25) is 9.59 Å². The molecule has 5 heteroatoms. The summed E-state index contributed by atoms with van der Waals surface area (Å²) in [6.45, 7) is 0.336. The number of rotatable bonds is 3. The minimum Gasteiger partial charge on any atom is -0.367 e. The molecule has 100 valence electrons. The molecule has 0 atom stereocenters. The number of hydrogen-bond donors (Lipinski definition) is 1. The van der Waals surface area contributed by atoms with Gasteiger partial charge in [0.05, 0.1) is 11.6 Å². The molecule has 0 radical (unpaired) electrons. The van der Waals surface area contributed by atoms with Crippen LogP contribution in [0.2, 0.25) is 0 Å². The van der Waals surface area contributed by atoms with Crippen LogP contribution in [-0.4, -0.2) is 22.8 Å². The standard InChI is InChI=1S/C15H13N3O2/c1-18(10-12-4-2-3-11(7-12)8-16)15(20)13-9-17-6-5-14(13)19/h2-7,9H,10H2,1H3,(H,17,19). The Morgan fingerprint density at radius 3 is 2.90 bits per heavy atom. The molecule has 0 fully saturated rings. The second kappa shape index (κ2) is 5.85. The summed E-state index contributed by atoms with van der Waals surface area (Å²) in [7, 11) is 1.62. The highest BCUT2D eigenvalue weighted by Crippen LogP contribution is 2.08. The van der Waals surface area contributed by atoms with Crippen molar-refractivity contribution in [2.24, 2.45) is 0 Å². The molecule has 0 saturated heterocycles. The molecule has 1 amide bonds. The summed E-state index contributed by atoms with van der Waals surface area (Å²) < 4.78 is 0. The van der Waals surface area contributed by atoms with Gasteiger partial charge in [0.15, 0.2) is 5.43 Å². The van der Waals surface area contributed by atoms with Crippen molar-refractivity contribution in [2.45, 2.75) is 6.54 Å². The first-order chi connectivity index (χ1) is 9.61. The molecule has 0 unspecified atom stereocenters. The molecule has 0 saturated carbocycles. The summed E-state index contributed by atoms with van der Waals surface area (Å²) in [6, 6.07) is 10.4. The number of aromatic amines is 1. The highest BCUT2D eigenvalue weighted by atomic mass is 16.2. The Hall–Kier alpha value is -2.87. The zero-order chi connectivity index (χ0) is 14.5. The molecule has 2 aromatic rings. The van der Waals surface area contributed by atoms with Crippen molar-refractivity contribution in [1.82, 2.24) is 9.88 Å². The largest absolute Gasteiger partial charge is 0.367 e. The fraction of sp³-hybridized carbons (Fsp3) is 0.133. The van der Waals surface area contributed by atoms with Crippen LogP contribution in [0.5, 0.6) is 0 Å². The second-order valence-corrected chi connectivity index (χ2v) is 4.40. The fourth-order valence-corrected chi connectivity index (χ4v) is 1.87. The fourth-order valence-electron chi connectivity index (χ4n) is 1.87. The van der Waals surface area contributed by atoms with Crippen molar-refractivity contribution in [3.05, 3.63) is 69.6 Å². The Morgan fingerprint density at radius 2 is 2.20 bits per heavy atom. The molecular weight excluding hydrogens is 254 g/mol. The molecule has 1 heterocycles. The zero-order valence-corrected chi connectivity index (χ0v) is 11.0. The molecule has 0 aliphatic heterocycles. The minimum absolute atomic E-state index is 0.103. The van der Waals surface area contributed by atoms with E-state index in [4.69, 9.17) is 5.26 Å². The molecule has 0 aliphatic rings. The van der Waals surface area contributed by atoms with Gasteiger partial charge < -0.3 is 9.88 Å². The molecule has 0 aliphatic carbocycles. The third-order valence-corrected chi connectivity index (χ3v) is 2.88. The number of hydrogen-bond acceptors (Lipinski definition) is 3. The molecule has 0 bridgehead atoms. The Balaban J connectivity index is 2.18. The van der Waals surface area contributed by atoms with Gasteiger partial charge in [-0.25, -0.2) is 0 Å². The molecule has 5 nitrogen and oxygen atoms in total. The van der Waals surface area contributed by atoms with Crippen LogP contribution in [-0.2, 0) is 6.54 Å². The Labute approximate surface area is 116 Å². The number of nitrogens with zero attached hydrogens (tertiary/aromatic N) is 2. The lowest BCUT2D eigenvalue weighted by Gasteiger charge is -2.17. The van der Waals surface area contributed by atoms with E-state index >= 15 is 0 Å². The number of amides is 1. The van der Waals surface area contributed by atoms with E-state index < -0.39 is 0 Å². The maximum Gasteiger partial charge on any atom is 0.259 e. The number of H-pyrrole nitrogens is 1. The van der Waals surface area contributed by atoms with Crippen LogP contribution in [0.15, 0.2) is 47.5 Å². The third-order valence-electron chi connectivity index (χ3n) is 2.88. The van der Waals surface area contributed by atoms with E-state index in [1.807, 2.05) is 6.07 Å². The van der Waals surface area contributed by atoms with Crippen LogP contribution in [0, 0.1) is 11.3 Å². The number of carbonyl (C=O) groups excluding carboxylic acids is 1. The molecular formula is C15H13N3O2. The van der Waals surface area contributed by atoms with Gasteiger partial charge >= 0.3 is 0 Å². The minimum atomic E-state index is -0.353. The smallest absolute Gasteiger partial charge is 0.259 e. The molecule has 20 heavy (non-hydrogen) atoms. The normalized spacial score (nSPS) is 9.80. The van der Waals surface area contributed by atoms with Crippen molar-refractivity contribution in [1.29, 1.82) is 5.26 Å². The van der Waals surface area contributed by atoms with Gasteiger partial charge in [-0.1, -0.05) is 12.1 Å². The molecule has 0 spiro atoms. The maximum atomic E-state index is 12.2. The van der Waals surface area contributed by atoms with E-state index in [1.54, 1.807) is 25.2 Å². The van der Waals surface area contributed by atoms with Crippen LogP contribution in [0.3, 0.4) is 0 Å². The van der Waals surface area contributed by atoms with Crippen molar-refractivity contribution in [3.8, 4) is 6.07 Å². The lowest BCUT2D eigenvalue weighted by atomic mass is 10.1. The maximum absolute atomic E-state index is 12.2. The van der Waals surface area contributed by atoms with Gasteiger partial charge in [0.25, 0.3) is 5.91 Å². The number of benzene rings is 1. The van der Waals surface area contributed by atoms with Gasteiger partial charge in [0.2, 0.25) is 0 Å². The van der Waals surface area contributed by atoms with Crippen LogP contribution in [0.1, 0.15) is 21.5 Å². The van der Waals surface area contributed by atoms with E-state index in [0.29, 0.717) is 12.1 Å². The van der Waals surface area contributed by atoms with E-state index in [9.17, 15) is 9.59 Å². The topological polar surface area (TPSA) is 77.0 Å². The average molecular weight is 267 g/mol. The van der Waals surface area contributed by atoms with Crippen molar-refractivity contribution < 1.29 is 4.79 Å². The molecule has 1 N–H and O–H groups in total. The average Bonchev–Trinajstić information content (AvgIpc) is 2.47. The summed E-state index contributed by atoms with van der Waals surface area (Å²) in [5.74, 6) is -0.353. The first kappa shape index (κ1) is 13.6. The van der Waals surface area contributed by atoms with Crippen LogP contribution in [0.25, 0.3) is 0 Å². The predicted octanol–water partition coefficient (Wildman–Crippen LogP) is 1.52. The number of pyridine rings is 1. The first-order valence-electron chi connectivity index (χ1n) is 6.03. The summed E-state index contributed by atoms with van der Waals surface area (Å²) in [5.41, 5.74) is 1.17. The highest BCUT2D eigenvalue weighted by molar-refractivity contribution is 5.93. The quantitative estimate of drug-likeness (QED) is 0.915. The number of nitriles is 1. The predicted molar refractivity (Wildman–Crippen MR) is 74.0 cm³/mol. The Kier molecular flexibility index (Phi) is 3.96.